The van der Waals surface area contributed by atoms with Crippen LogP contribution in [0.5, 0.6) is 17.2 Å². The van der Waals surface area contributed by atoms with Crippen LogP contribution in [-0.4, -0.2) is 293 Å². The molecular formula is C64H92N10O25S2. The van der Waals surface area contributed by atoms with E-state index >= 15 is 4.79 Å². The number of phenolic OH excluding ortho intramolecular Hbond substituents is 1. The van der Waals surface area contributed by atoms with Gasteiger partial charge in [0, 0.05) is 81.8 Å². The van der Waals surface area contributed by atoms with E-state index in [1.54, 1.807) is 19.2 Å². The first-order valence-electron chi connectivity index (χ1n) is 32.8. The number of carbonyl (C=O) groups excluding carboxylic acids is 7. The largest absolute Gasteiger partial charge is 0.504 e. The van der Waals surface area contributed by atoms with Crippen LogP contribution >= 0.6 is 22.5 Å². The zero-order valence-electron chi connectivity index (χ0n) is 55.6. The number of hydrogen-bond donors (Lipinski definition) is 21. The Hall–Kier alpha value is -7.38. The average Bonchev–Trinajstić information content (AvgIpc) is 1.69. The monoisotopic (exact) mass is 1460 g/mol. The van der Waals surface area contributed by atoms with Crippen molar-refractivity contribution in [3.8, 4) is 38.4 Å². The van der Waals surface area contributed by atoms with Gasteiger partial charge in [0.25, 0.3) is 17.1 Å². The van der Waals surface area contributed by atoms with Gasteiger partial charge >= 0.3 is 0 Å². The van der Waals surface area contributed by atoms with E-state index in [0.717, 1.165) is 79.2 Å². The number of phenols is 1. The molecule has 4 unspecified atom stereocenters. The molecule has 3 saturated heterocycles. The first-order valence-corrected chi connectivity index (χ1v) is 35.0. The van der Waals surface area contributed by atoms with Gasteiger partial charge in [-0.3, -0.25) is 47.2 Å². The van der Waals surface area contributed by atoms with Crippen LogP contribution in [0.1, 0.15) is 81.1 Å². The van der Waals surface area contributed by atoms with Gasteiger partial charge in [0.15, 0.2) is 11.5 Å². The topological polar surface area (TPSA) is 555 Å². The average molecular weight is 1470 g/mol. The minimum atomic E-state index is -4.78. The standard InChI is InChI=1S/C64H92N10O25S2/c1-32-29-74-52(53(32)84)60(91)66-27-38(77)25-41(67-56(87)35-10-12-36(13-11-35)61-71-72-62(100-61)37-14-16-40(17-15-37)98-22-8-6-4-5-7-21-97-3)57(88)68-49(33(2)76)63(92)73-30-39(78)26-42(73)58(89)69-50(45(81)23-34-9-18-43(79)48(24-34)99-101(94,95)96)59(90)70-51(64(74)93)44(80)19-20-65-28-46(82)54(85)55(86)47(83)31-75/h9-18,24,32-33,38-39,41-42,44-47,49-55,65,75-86,94-96H,4-8,19-23,25-31H2,1-3H3,(H,66,91)(H,67,87)(H,68,88)(H,69,89)(H,70,90)/t32-,33+,38+,39+,41-,42-,44+,45+,46?,47?,49-,50-,51-,52-,53-,54?,55?/m0/s1. The van der Waals surface area contributed by atoms with Crippen LogP contribution in [0.4, 0.5) is 0 Å². The molecule has 0 saturated carbocycles. The lowest BCUT2D eigenvalue weighted by Gasteiger charge is -2.34. The van der Waals surface area contributed by atoms with E-state index in [0.29, 0.717) is 27.9 Å². The zero-order chi connectivity index (χ0) is 74.0. The van der Waals surface area contributed by atoms with E-state index in [2.05, 4.69) is 46.3 Å². The van der Waals surface area contributed by atoms with Crippen LogP contribution in [0, 0.1) is 5.92 Å². The van der Waals surface area contributed by atoms with Crippen molar-refractivity contribution < 1.29 is 122 Å². The molecule has 21 N–H and O–H groups in total. The smallest absolute Gasteiger partial charge is 0.266 e. The predicted octanol–water partition coefficient (Wildman–Crippen LogP) is -3.57. The van der Waals surface area contributed by atoms with Gasteiger partial charge in [-0.15, -0.1) is 10.2 Å². The molecule has 3 aromatic carbocycles. The SMILES string of the molecule is COCCCCCCCOc1ccc(-c2nnc(-c3ccc(C(=O)N[C@H]4C[C@@H](O)CNC(=O)[C@@H]5[C@@H](O)[C@@H](C)CN5C(=O)[C@H]([C@H](O)CCNCC(O)C(O)C(O)C(O)CO)NC(=O)[C@H]([C@H](O)Cc5ccc(O)c(OS(O)(O)O)c5)NC(=O)[C@@H]5C[C@@H](O)CN5C(=O)[C@H]([C@@H](C)O)NC4=O)cc3)s2)cc1. The second kappa shape index (κ2) is 37.7. The third kappa shape index (κ3) is 22.6. The van der Waals surface area contributed by atoms with Crippen LogP contribution < -0.4 is 40.8 Å². The number of aliphatic hydroxyl groups is 11. The van der Waals surface area contributed by atoms with E-state index in [9.17, 15) is 104 Å². The summed E-state index contributed by atoms with van der Waals surface area (Å²) in [5.74, 6) is -10.3. The highest BCUT2D eigenvalue weighted by Crippen LogP contribution is 2.41. The molecular weight excluding hydrogens is 1370 g/mol. The third-order valence-corrected chi connectivity index (χ3v) is 18.8. The fraction of sp³-hybridized carbons (Fsp3) is 0.578. The number of aliphatic hydroxyl groups excluding tert-OH is 11. The van der Waals surface area contributed by atoms with Crippen LogP contribution in [0.15, 0.2) is 66.7 Å². The number of rotatable bonds is 29. The minimum Gasteiger partial charge on any atom is -0.504 e. The summed E-state index contributed by atoms with van der Waals surface area (Å²) in [7, 11) is 1.69. The van der Waals surface area contributed by atoms with Gasteiger partial charge in [0.2, 0.25) is 35.4 Å². The van der Waals surface area contributed by atoms with Crippen molar-refractivity contribution in [2.45, 2.75) is 169 Å². The molecule has 0 radical (unpaired) electrons. The second-order valence-corrected chi connectivity index (χ2v) is 27.3. The molecule has 0 bridgehead atoms. The first kappa shape index (κ1) is 80.9. The van der Waals surface area contributed by atoms with E-state index < -0.39 is 226 Å². The third-order valence-electron chi connectivity index (χ3n) is 17.4. The van der Waals surface area contributed by atoms with Gasteiger partial charge in [-0.2, -0.15) is 0 Å². The number of unbranched alkanes of at least 4 members (excludes halogenated alkanes) is 4. The van der Waals surface area contributed by atoms with Crippen molar-refractivity contribution in [3.63, 3.8) is 0 Å². The van der Waals surface area contributed by atoms with E-state index in [-0.39, 0.29) is 17.7 Å². The maximum absolute atomic E-state index is 15.1. The van der Waals surface area contributed by atoms with E-state index in [4.69, 9.17) is 9.47 Å². The Morgan fingerprint density at radius 1 is 0.703 bits per heavy atom. The molecule has 17 atom stereocenters. The van der Waals surface area contributed by atoms with Gasteiger partial charge in [-0.1, -0.05) is 55.7 Å². The van der Waals surface area contributed by atoms with Gasteiger partial charge in [-0.05, 0) is 86.8 Å². The number of ether oxygens (including phenoxy) is 2. The number of hydrogen-bond acceptors (Lipinski definition) is 29. The first-order chi connectivity index (χ1) is 47.9. The Kier molecular flexibility index (Phi) is 30.2. The number of aromatic nitrogens is 2. The van der Waals surface area contributed by atoms with E-state index in [1.807, 2.05) is 24.3 Å². The van der Waals surface area contributed by atoms with Gasteiger partial charge < -0.3 is 117 Å². The molecule has 0 spiro atoms. The van der Waals surface area contributed by atoms with Crippen molar-refractivity contribution in [3.05, 3.63) is 77.9 Å². The van der Waals surface area contributed by atoms with Gasteiger partial charge in [0.05, 0.1) is 55.9 Å². The van der Waals surface area contributed by atoms with Crippen LogP contribution in [0.25, 0.3) is 21.1 Å². The maximum Gasteiger partial charge on any atom is 0.266 e. The molecule has 560 valence electrons. The summed E-state index contributed by atoms with van der Waals surface area (Å²) >= 11 is -3.51. The second-order valence-electron chi connectivity index (χ2n) is 25.3. The van der Waals surface area contributed by atoms with Crippen molar-refractivity contribution in [2.24, 2.45) is 5.92 Å². The summed E-state index contributed by atoms with van der Waals surface area (Å²) in [4.78, 5) is 104. The Bertz CT molecular complexity index is 3390. The Balaban J connectivity index is 1.17. The number of methoxy groups -OCH3 is 1. The number of nitrogens with one attached hydrogen (secondary N) is 6. The molecule has 3 fully saturated rings. The van der Waals surface area contributed by atoms with Crippen molar-refractivity contribution in [1.82, 2.24) is 51.9 Å². The zero-order valence-corrected chi connectivity index (χ0v) is 57.2. The number of benzene rings is 3. The summed E-state index contributed by atoms with van der Waals surface area (Å²) in [5.41, 5.74) is 1.20. The van der Waals surface area contributed by atoms with Crippen LogP contribution in [-0.2, 0) is 39.9 Å². The quantitative estimate of drug-likeness (QED) is 0.0234. The molecule has 0 aliphatic carbocycles. The summed E-state index contributed by atoms with van der Waals surface area (Å²) in [6, 6.07) is 4.31. The Labute approximate surface area is 586 Å². The van der Waals surface area contributed by atoms with Crippen molar-refractivity contribution in [2.75, 3.05) is 59.7 Å². The fourth-order valence-electron chi connectivity index (χ4n) is 11.7. The number of carbonyl (C=O) groups is 7. The molecule has 7 rings (SSSR count). The normalized spacial score (nSPS) is 25.2. The number of fused-ring (bicyclic) bond motifs is 2. The lowest BCUT2D eigenvalue weighted by Crippen LogP contribution is -2.64. The van der Waals surface area contributed by atoms with Crippen LogP contribution in [0.2, 0.25) is 0 Å². The molecule has 37 heteroatoms. The Morgan fingerprint density at radius 3 is 1.94 bits per heavy atom. The molecule has 35 nitrogen and oxygen atoms in total. The lowest BCUT2D eigenvalue weighted by atomic mass is 9.98. The molecule has 3 aliphatic heterocycles. The summed E-state index contributed by atoms with van der Waals surface area (Å²) < 4.78 is 44.5. The highest BCUT2D eigenvalue weighted by Gasteiger charge is 2.50. The lowest BCUT2D eigenvalue weighted by molar-refractivity contribution is -0.147. The molecule has 3 aliphatic rings. The number of nitrogens with zero attached hydrogens (tertiary/aromatic N) is 4. The number of β-amino-alcohol motifs (C(OH)–C–C–N with tert-alkyl or cyclic N) is 1. The number of amides is 7. The Morgan fingerprint density at radius 2 is 1.31 bits per heavy atom. The van der Waals surface area contributed by atoms with Crippen molar-refractivity contribution in [1.29, 1.82) is 0 Å². The molecule has 1 aromatic heterocycles. The maximum atomic E-state index is 15.1. The van der Waals surface area contributed by atoms with Crippen LogP contribution in [0.3, 0.4) is 0 Å². The van der Waals surface area contributed by atoms with Gasteiger partial charge in [-0.25, -0.2) is 0 Å². The number of aromatic hydroxyl groups is 1. The molecule has 101 heavy (non-hydrogen) atoms. The fourth-order valence-corrected chi connectivity index (χ4v) is 13.0. The van der Waals surface area contributed by atoms with Crippen molar-refractivity contribution >= 4 is 63.8 Å². The molecule has 4 aromatic rings. The summed E-state index contributed by atoms with van der Waals surface area (Å²) in [6.07, 6.45) is -16.2. The van der Waals surface area contributed by atoms with Gasteiger partial charge in [0.1, 0.15) is 70.3 Å². The summed E-state index contributed by atoms with van der Waals surface area (Å²) in [5, 5.41) is 154. The van der Waals surface area contributed by atoms with E-state index in [1.165, 1.54) is 30.4 Å². The highest BCUT2D eigenvalue weighted by atomic mass is 32.3. The molecule has 7 amide bonds. The minimum absolute atomic E-state index is 0.0264. The molecule has 4 heterocycles. The highest BCUT2D eigenvalue weighted by molar-refractivity contribution is 8.15. The predicted molar refractivity (Wildman–Crippen MR) is 359 cm³/mol. The summed E-state index contributed by atoms with van der Waals surface area (Å²) in [6.45, 7) is 0.0547.